The Morgan fingerprint density at radius 3 is 0.711 bits per heavy atom. The summed E-state index contributed by atoms with van der Waals surface area (Å²) in [4.78, 5) is 4.76. The summed E-state index contributed by atoms with van der Waals surface area (Å²) in [5.41, 5.74) is 20.9. The lowest BCUT2D eigenvalue weighted by atomic mass is 9.98. The molecule has 0 spiro atoms. The fourth-order valence-corrected chi connectivity index (χ4v) is 10.7. The Kier molecular flexibility index (Phi) is 12.3. The summed E-state index contributed by atoms with van der Waals surface area (Å²) >= 11 is 0. The van der Waals surface area contributed by atoms with Gasteiger partial charge in [0.2, 0.25) is 0 Å². The Morgan fingerprint density at radius 2 is 0.382 bits per heavy atom. The largest absolute Gasteiger partial charge is 0.310 e. The smallest absolute Gasteiger partial charge is 0.0540 e. The molecule has 13 aromatic rings. The van der Waals surface area contributed by atoms with Gasteiger partial charge in [-0.2, -0.15) is 0 Å². The molecule has 0 fully saturated rings. The molecule has 0 bridgehead atoms. The zero-order valence-electron chi connectivity index (χ0n) is 41.9. The minimum atomic E-state index is 1.10. The Morgan fingerprint density at radius 1 is 0.158 bits per heavy atom. The highest BCUT2D eigenvalue weighted by molar-refractivity contribution is 6.00. The molecule has 0 radical (unpaired) electrons. The molecule has 358 valence electrons. The van der Waals surface area contributed by atoms with E-state index in [0.717, 1.165) is 45.3 Å². The number of rotatable bonds is 12. The van der Waals surface area contributed by atoms with Gasteiger partial charge in [-0.15, -0.1) is 0 Å². The second-order valence-electron chi connectivity index (χ2n) is 19.3. The highest BCUT2D eigenvalue weighted by atomic mass is 15.1. The van der Waals surface area contributed by atoms with Gasteiger partial charge in [0.1, 0.15) is 0 Å². The molecule has 76 heavy (non-hydrogen) atoms. The van der Waals surface area contributed by atoms with Crippen LogP contribution in [-0.2, 0) is 0 Å². The van der Waals surface area contributed by atoms with Gasteiger partial charge in [-0.25, -0.2) is 0 Å². The average Bonchev–Trinajstić information content (AvgIpc) is 3.51. The Balaban J connectivity index is 0.777. The molecule has 0 aliphatic rings. The number of benzene rings is 13. The van der Waals surface area contributed by atoms with E-state index in [1.807, 2.05) is 0 Å². The Bertz CT molecular complexity index is 3830. The Labute approximate surface area is 445 Å². The maximum Gasteiger partial charge on any atom is 0.0540 e. The molecule has 0 heterocycles. The first kappa shape index (κ1) is 45.8. The van der Waals surface area contributed by atoms with Crippen LogP contribution >= 0.6 is 0 Å². The molecule has 0 aliphatic heterocycles. The van der Waals surface area contributed by atoms with Crippen LogP contribution in [0.2, 0.25) is 0 Å². The molecular weight excluding hydrogens is 917 g/mol. The second-order valence-corrected chi connectivity index (χ2v) is 19.3. The molecule has 2 heteroatoms. The third-order valence-corrected chi connectivity index (χ3v) is 14.7. The van der Waals surface area contributed by atoms with Crippen molar-refractivity contribution >= 4 is 55.7 Å². The van der Waals surface area contributed by atoms with Crippen molar-refractivity contribution in [1.29, 1.82) is 0 Å². The lowest BCUT2D eigenvalue weighted by molar-refractivity contribution is 1.30. The van der Waals surface area contributed by atoms with Crippen molar-refractivity contribution < 1.29 is 0 Å². The number of fused-ring (bicyclic) bond motifs is 2. The van der Waals surface area contributed by atoms with Crippen LogP contribution in [0.5, 0.6) is 0 Å². The number of nitrogens with zero attached hydrogens (tertiary/aromatic N) is 2. The molecular formula is C74H52N2. The topological polar surface area (TPSA) is 6.48 Å². The summed E-state index contributed by atoms with van der Waals surface area (Å²) in [6.07, 6.45) is 0. The van der Waals surface area contributed by atoms with E-state index >= 15 is 0 Å². The van der Waals surface area contributed by atoms with Crippen LogP contribution in [0.3, 0.4) is 0 Å². The van der Waals surface area contributed by atoms with Gasteiger partial charge in [0.25, 0.3) is 0 Å². The Hall–Kier alpha value is -10.0. The van der Waals surface area contributed by atoms with Crippen LogP contribution in [-0.4, -0.2) is 0 Å². The maximum absolute atomic E-state index is 2.38. The van der Waals surface area contributed by atoms with E-state index in [-0.39, 0.29) is 0 Å². The number of anilines is 6. The van der Waals surface area contributed by atoms with E-state index < -0.39 is 0 Å². The highest BCUT2D eigenvalue weighted by Gasteiger charge is 2.18. The quantitative estimate of drug-likeness (QED) is 0.120. The standard InChI is InChI=1S/C74H52N2/c1-3-15-53(16-4-1)63-23-11-25-65(51-63)59-39-47-69(48-40-59)75(73-29-13-21-61-19-7-9-27-71(61)73)67-43-35-57(36-44-67)55-31-33-56(34-32-55)58-37-45-68(46-38-58)76(74-30-14-22-62-20-8-10-28-72(62)74)70-49-41-60(42-50-70)66-26-12-24-64(52-66)54-17-5-2-6-18-54/h1-52H. The van der Waals surface area contributed by atoms with Crippen molar-refractivity contribution in [3.05, 3.63) is 315 Å². The first-order chi connectivity index (χ1) is 37.7. The summed E-state index contributed by atoms with van der Waals surface area (Å²) < 4.78 is 0. The molecule has 0 amide bonds. The van der Waals surface area contributed by atoms with Gasteiger partial charge in [0.15, 0.2) is 0 Å². The molecule has 0 atom stereocenters. The molecule has 0 saturated heterocycles. The third-order valence-electron chi connectivity index (χ3n) is 14.7. The van der Waals surface area contributed by atoms with E-state index in [0.29, 0.717) is 0 Å². The first-order valence-corrected chi connectivity index (χ1v) is 26.1. The van der Waals surface area contributed by atoms with E-state index in [9.17, 15) is 0 Å². The molecule has 2 nitrogen and oxygen atoms in total. The number of hydrogen-bond acceptors (Lipinski definition) is 2. The van der Waals surface area contributed by atoms with Crippen molar-refractivity contribution in [1.82, 2.24) is 0 Å². The summed E-state index contributed by atoms with van der Waals surface area (Å²) in [5, 5.41) is 4.82. The lowest BCUT2D eigenvalue weighted by Gasteiger charge is -2.27. The monoisotopic (exact) mass is 968 g/mol. The first-order valence-electron chi connectivity index (χ1n) is 26.1. The van der Waals surface area contributed by atoms with Crippen LogP contribution in [0.1, 0.15) is 0 Å². The van der Waals surface area contributed by atoms with Gasteiger partial charge >= 0.3 is 0 Å². The van der Waals surface area contributed by atoms with Gasteiger partial charge in [0, 0.05) is 33.5 Å². The predicted octanol–water partition coefficient (Wildman–Crippen LogP) is 20.9. The van der Waals surface area contributed by atoms with E-state index in [4.69, 9.17) is 0 Å². The van der Waals surface area contributed by atoms with Crippen molar-refractivity contribution in [2.45, 2.75) is 0 Å². The molecule has 13 rings (SSSR count). The molecule has 0 aliphatic carbocycles. The minimum Gasteiger partial charge on any atom is -0.310 e. The SMILES string of the molecule is c1ccc(-c2cccc(-c3ccc(N(c4ccc(-c5ccc(-c6ccc(N(c7ccc(-c8cccc(-c9ccccc9)c8)cc7)c7cccc8ccccc78)cc6)cc5)cc4)c4cccc5ccccc45)cc3)c2)cc1. The molecule has 0 N–H and O–H groups in total. The van der Waals surface area contributed by atoms with Crippen molar-refractivity contribution in [3.63, 3.8) is 0 Å². The van der Waals surface area contributed by atoms with Crippen LogP contribution in [0, 0.1) is 0 Å². The zero-order valence-corrected chi connectivity index (χ0v) is 41.9. The van der Waals surface area contributed by atoms with Crippen molar-refractivity contribution in [2.75, 3.05) is 9.80 Å². The highest BCUT2D eigenvalue weighted by Crippen LogP contribution is 2.43. The van der Waals surface area contributed by atoms with Crippen LogP contribution < -0.4 is 9.80 Å². The summed E-state index contributed by atoms with van der Waals surface area (Å²) in [6, 6.07) is 114. The molecule has 13 aromatic carbocycles. The van der Waals surface area contributed by atoms with Crippen LogP contribution in [0.4, 0.5) is 34.1 Å². The molecule has 0 unspecified atom stereocenters. The fraction of sp³-hybridized carbons (Fsp3) is 0. The molecule has 0 aromatic heterocycles. The predicted molar refractivity (Wildman–Crippen MR) is 323 cm³/mol. The van der Waals surface area contributed by atoms with Crippen molar-refractivity contribution in [3.8, 4) is 66.8 Å². The summed E-state index contributed by atoms with van der Waals surface area (Å²) in [5.74, 6) is 0. The number of hydrogen-bond donors (Lipinski definition) is 0. The van der Waals surface area contributed by atoms with Gasteiger partial charge in [-0.3, -0.25) is 0 Å². The normalized spacial score (nSPS) is 11.2. The third kappa shape index (κ3) is 9.21. The fourth-order valence-electron chi connectivity index (χ4n) is 10.7. The van der Waals surface area contributed by atoms with E-state index in [2.05, 4.69) is 325 Å². The summed E-state index contributed by atoms with van der Waals surface area (Å²) in [6.45, 7) is 0. The lowest BCUT2D eigenvalue weighted by Crippen LogP contribution is -2.10. The van der Waals surface area contributed by atoms with E-state index in [1.54, 1.807) is 0 Å². The average molecular weight is 969 g/mol. The van der Waals surface area contributed by atoms with Gasteiger partial charge < -0.3 is 9.80 Å². The van der Waals surface area contributed by atoms with Crippen molar-refractivity contribution in [2.24, 2.45) is 0 Å². The van der Waals surface area contributed by atoms with Gasteiger partial charge in [-0.05, 0) is 150 Å². The van der Waals surface area contributed by atoms with Crippen LogP contribution in [0.15, 0.2) is 315 Å². The van der Waals surface area contributed by atoms with E-state index in [1.165, 1.54) is 77.2 Å². The zero-order chi connectivity index (χ0) is 50.6. The second kappa shape index (κ2) is 20.5. The van der Waals surface area contributed by atoms with Crippen LogP contribution in [0.25, 0.3) is 88.3 Å². The maximum atomic E-state index is 2.38. The minimum absolute atomic E-state index is 1.10. The van der Waals surface area contributed by atoms with Gasteiger partial charge in [-0.1, -0.05) is 243 Å². The molecule has 0 saturated carbocycles. The van der Waals surface area contributed by atoms with Gasteiger partial charge in [0.05, 0.1) is 11.4 Å². The summed E-state index contributed by atoms with van der Waals surface area (Å²) in [7, 11) is 0.